The topological polar surface area (TPSA) is 123 Å². The van der Waals surface area contributed by atoms with Gasteiger partial charge in [0.15, 0.2) is 0 Å². The first-order valence-corrected chi connectivity index (χ1v) is 9.18. The van der Waals surface area contributed by atoms with Crippen LogP contribution in [0.15, 0.2) is 48.5 Å². The molecule has 0 saturated heterocycles. The predicted octanol–water partition coefficient (Wildman–Crippen LogP) is 2.41. The minimum atomic E-state index is -0.661. The third-order valence-electron chi connectivity index (χ3n) is 4.22. The first-order chi connectivity index (χ1) is 13.8. The Morgan fingerprint density at radius 3 is 2.00 bits per heavy atom. The molecule has 2 aromatic carbocycles. The average Bonchev–Trinajstić information content (AvgIpc) is 2.72. The van der Waals surface area contributed by atoms with Crippen molar-refractivity contribution in [2.75, 3.05) is 24.3 Å². The molecule has 2 aromatic rings. The molecular formula is C21H27ClN4O4. The van der Waals surface area contributed by atoms with Crippen LogP contribution in [0.3, 0.4) is 0 Å². The Morgan fingerprint density at radius 2 is 1.47 bits per heavy atom. The van der Waals surface area contributed by atoms with E-state index in [0.717, 1.165) is 0 Å². The number of rotatable bonds is 8. The van der Waals surface area contributed by atoms with Crippen LogP contribution in [0.25, 0.3) is 0 Å². The Labute approximate surface area is 182 Å². The van der Waals surface area contributed by atoms with Crippen molar-refractivity contribution < 1.29 is 19.1 Å². The van der Waals surface area contributed by atoms with E-state index in [-0.39, 0.29) is 42.6 Å². The fourth-order valence-corrected chi connectivity index (χ4v) is 2.38. The molecule has 0 aromatic heterocycles. The highest BCUT2D eigenvalue weighted by Crippen LogP contribution is 2.16. The normalized spacial score (nSPS) is 11.1. The van der Waals surface area contributed by atoms with Gasteiger partial charge in [0.2, 0.25) is 11.8 Å². The Morgan fingerprint density at radius 1 is 0.933 bits per heavy atom. The minimum absolute atomic E-state index is 0. The van der Waals surface area contributed by atoms with E-state index in [1.165, 1.54) is 0 Å². The Balaban J connectivity index is 0.00000450. The first-order valence-electron chi connectivity index (χ1n) is 9.18. The van der Waals surface area contributed by atoms with Crippen LogP contribution >= 0.6 is 12.4 Å². The molecule has 1 atom stereocenters. The van der Waals surface area contributed by atoms with Crippen molar-refractivity contribution in [3.8, 4) is 5.75 Å². The van der Waals surface area contributed by atoms with Gasteiger partial charge in [0.25, 0.3) is 5.91 Å². The maximum Gasteiger partial charge on any atom is 0.255 e. The number of ether oxygens (including phenoxy) is 1. The molecule has 0 spiro atoms. The van der Waals surface area contributed by atoms with Crippen molar-refractivity contribution in [2.45, 2.75) is 19.9 Å². The van der Waals surface area contributed by atoms with Crippen LogP contribution in [0.2, 0.25) is 0 Å². The van der Waals surface area contributed by atoms with Crippen molar-refractivity contribution in [1.29, 1.82) is 0 Å². The number of benzene rings is 2. The van der Waals surface area contributed by atoms with Crippen LogP contribution in [0.1, 0.15) is 24.2 Å². The molecule has 0 fully saturated rings. The second kappa shape index (κ2) is 11.8. The van der Waals surface area contributed by atoms with Crippen molar-refractivity contribution >= 4 is 41.5 Å². The van der Waals surface area contributed by atoms with Crippen LogP contribution in [-0.4, -0.2) is 37.4 Å². The second-order valence-electron chi connectivity index (χ2n) is 6.80. The monoisotopic (exact) mass is 434 g/mol. The zero-order chi connectivity index (χ0) is 21.4. The van der Waals surface area contributed by atoms with Gasteiger partial charge in [-0.15, -0.1) is 12.4 Å². The summed E-state index contributed by atoms with van der Waals surface area (Å²) >= 11 is 0. The van der Waals surface area contributed by atoms with Gasteiger partial charge < -0.3 is 26.4 Å². The van der Waals surface area contributed by atoms with Gasteiger partial charge in [-0.2, -0.15) is 0 Å². The lowest BCUT2D eigenvalue weighted by Gasteiger charge is -2.15. The highest BCUT2D eigenvalue weighted by Gasteiger charge is 2.17. The highest BCUT2D eigenvalue weighted by atomic mass is 35.5. The van der Waals surface area contributed by atoms with E-state index >= 15 is 0 Å². The van der Waals surface area contributed by atoms with Crippen molar-refractivity contribution in [3.63, 3.8) is 0 Å². The molecule has 2 rings (SSSR count). The van der Waals surface area contributed by atoms with Gasteiger partial charge in [-0.25, -0.2) is 0 Å². The van der Waals surface area contributed by atoms with Gasteiger partial charge in [0.1, 0.15) is 5.75 Å². The van der Waals surface area contributed by atoms with E-state index in [2.05, 4.69) is 16.0 Å². The molecule has 3 amide bonds. The smallest absolute Gasteiger partial charge is 0.255 e. The first kappa shape index (κ1) is 24.9. The fraction of sp³-hybridized carbons (Fsp3) is 0.286. The summed E-state index contributed by atoms with van der Waals surface area (Å²) in [5, 5.41) is 7.93. The van der Waals surface area contributed by atoms with Gasteiger partial charge >= 0.3 is 0 Å². The molecule has 0 saturated carbocycles. The average molecular weight is 435 g/mol. The summed E-state index contributed by atoms with van der Waals surface area (Å²) in [7, 11) is 1.57. The number of amides is 3. The van der Waals surface area contributed by atoms with Gasteiger partial charge in [-0.3, -0.25) is 14.4 Å². The largest absolute Gasteiger partial charge is 0.497 e. The lowest BCUT2D eigenvalue weighted by molar-refractivity contribution is -0.125. The van der Waals surface area contributed by atoms with Crippen molar-refractivity contribution in [2.24, 2.45) is 11.7 Å². The number of carbonyl (C=O) groups is 3. The van der Waals surface area contributed by atoms with E-state index in [0.29, 0.717) is 22.7 Å². The molecule has 0 aliphatic rings. The molecule has 0 aliphatic heterocycles. The van der Waals surface area contributed by atoms with E-state index < -0.39 is 6.04 Å². The van der Waals surface area contributed by atoms with Gasteiger partial charge in [0.05, 0.1) is 19.7 Å². The standard InChI is InChI=1S/C21H26N4O4.ClH/c1-13(2)19(22)21(28)23-12-18(26)24-15-6-4-14(5-7-15)20(27)25-16-8-10-17(29-3)11-9-16;/h4-11,13,19H,12,22H2,1-3H3,(H,23,28)(H,24,26)(H,25,27);1H/t19-;/m0./s1. The number of halogens is 1. The summed E-state index contributed by atoms with van der Waals surface area (Å²) < 4.78 is 5.08. The molecule has 162 valence electrons. The van der Waals surface area contributed by atoms with Gasteiger partial charge in [0, 0.05) is 16.9 Å². The van der Waals surface area contributed by atoms with Gasteiger partial charge in [-0.05, 0) is 54.4 Å². The summed E-state index contributed by atoms with van der Waals surface area (Å²) in [6, 6.07) is 12.7. The summed E-state index contributed by atoms with van der Waals surface area (Å²) in [6.45, 7) is 3.48. The maximum atomic E-state index is 12.3. The predicted molar refractivity (Wildman–Crippen MR) is 119 cm³/mol. The quantitative estimate of drug-likeness (QED) is 0.508. The molecule has 9 heteroatoms. The number of hydrogen-bond acceptors (Lipinski definition) is 5. The third-order valence-corrected chi connectivity index (χ3v) is 4.22. The van der Waals surface area contributed by atoms with E-state index in [9.17, 15) is 14.4 Å². The van der Waals surface area contributed by atoms with Gasteiger partial charge in [-0.1, -0.05) is 13.8 Å². The van der Waals surface area contributed by atoms with E-state index in [1.807, 2.05) is 13.8 Å². The zero-order valence-electron chi connectivity index (χ0n) is 17.1. The number of carbonyl (C=O) groups excluding carboxylic acids is 3. The molecule has 5 N–H and O–H groups in total. The molecule has 0 unspecified atom stereocenters. The number of hydrogen-bond donors (Lipinski definition) is 4. The molecule has 0 aliphatic carbocycles. The summed E-state index contributed by atoms with van der Waals surface area (Å²) in [6.07, 6.45) is 0. The van der Waals surface area contributed by atoms with Crippen molar-refractivity contribution in [3.05, 3.63) is 54.1 Å². The summed E-state index contributed by atoms with van der Waals surface area (Å²) in [5.41, 5.74) is 7.32. The number of nitrogens with two attached hydrogens (primary N) is 1. The molecular weight excluding hydrogens is 408 g/mol. The lowest BCUT2D eigenvalue weighted by Crippen LogP contribution is -2.46. The number of methoxy groups -OCH3 is 1. The van der Waals surface area contributed by atoms with Crippen LogP contribution in [0.4, 0.5) is 11.4 Å². The third kappa shape index (κ3) is 7.38. The molecule has 0 radical (unpaired) electrons. The summed E-state index contributed by atoms with van der Waals surface area (Å²) in [4.78, 5) is 36.1. The van der Waals surface area contributed by atoms with Crippen LogP contribution < -0.4 is 26.4 Å². The zero-order valence-corrected chi connectivity index (χ0v) is 17.9. The lowest BCUT2D eigenvalue weighted by atomic mass is 10.1. The fourth-order valence-electron chi connectivity index (χ4n) is 2.38. The minimum Gasteiger partial charge on any atom is -0.497 e. The van der Waals surface area contributed by atoms with E-state index in [1.54, 1.807) is 55.6 Å². The van der Waals surface area contributed by atoms with Crippen LogP contribution in [0.5, 0.6) is 5.75 Å². The molecule has 30 heavy (non-hydrogen) atoms. The number of nitrogens with one attached hydrogen (secondary N) is 3. The molecule has 8 nitrogen and oxygen atoms in total. The molecule has 0 heterocycles. The van der Waals surface area contributed by atoms with Crippen LogP contribution in [-0.2, 0) is 9.59 Å². The highest BCUT2D eigenvalue weighted by molar-refractivity contribution is 6.04. The SMILES string of the molecule is COc1ccc(NC(=O)c2ccc(NC(=O)CNC(=O)[C@@H](N)C(C)C)cc2)cc1.Cl. The maximum absolute atomic E-state index is 12.3. The van der Waals surface area contributed by atoms with E-state index in [4.69, 9.17) is 10.5 Å². The molecule has 0 bridgehead atoms. The number of anilines is 2. The van der Waals surface area contributed by atoms with Crippen molar-refractivity contribution in [1.82, 2.24) is 5.32 Å². The Hall–Kier alpha value is -3.10. The van der Waals surface area contributed by atoms with Crippen LogP contribution in [0, 0.1) is 5.92 Å². The Kier molecular flexibility index (Phi) is 9.80. The second-order valence-corrected chi connectivity index (χ2v) is 6.80. The Bertz CT molecular complexity index is 854. The summed E-state index contributed by atoms with van der Waals surface area (Å²) in [5.74, 6) is -0.353.